The maximum atomic E-state index is 11.9. The van der Waals surface area contributed by atoms with Crippen LogP contribution in [-0.4, -0.2) is 60.6 Å². The molecule has 0 spiro atoms. The molecule has 0 saturated heterocycles. The monoisotopic (exact) mass is 408 g/mol. The van der Waals surface area contributed by atoms with Crippen LogP contribution in [0.1, 0.15) is 0 Å². The Morgan fingerprint density at radius 1 is 0.632 bits per heavy atom. The van der Waals surface area contributed by atoms with Crippen LogP contribution in [0.15, 0.2) is 0 Å². The number of rotatable bonds is 9. The van der Waals surface area contributed by atoms with Gasteiger partial charge in [-0.15, -0.1) is 0 Å². The summed E-state index contributed by atoms with van der Waals surface area (Å²) in [6.07, 6.45) is 0. The van der Waals surface area contributed by atoms with Crippen molar-refractivity contribution in [2.45, 2.75) is 0 Å². The number of halogens is 3. The fourth-order valence-electron chi connectivity index (χ4n) is 0.484. The van der Waals surface area contributed by atoms with E-state index in [2.05, 4.69) is 8.93 Å². The summed E-state index contributed by atoms with van der Waals surface area (Å²) in [5, 5.41) is 0. The van der Waals surface area contributed by atoms with E-state index >= 15 is 0 Å². The van der Waals surface area contributed by atoms with Crippen molar-refractivity contribution in [3.63, 3.8) is 0 Å². The topological polar surface area (TPSA) is 130 Å². The van der Waals surface area contributed by atoms with Gasteiger partial charge >= 0.3 is 113 Å². The molecule has 0 aromatic heterocycles. The summed E-state index contributed by atoms with van der Waals surface area (Å²) in [7, 11) is -15.0. The van der Waals surface area contributed by atoms with Crippen LogP contribution in [0.5, 0.6) is 0 Å². The summed E-state index contributed by atoms with van der Waals surface area (Å²) in [4.78, 5) is 0. The molecule has 0 rings (SSSR count). The van der Waals surface area contributed by atoms with Crippen LogP contribution in [0, 0.1) is 0 Å². The van der Waals surface area contributed by atoms with E-state index in [9.17, 15) is 38.4 Å². The summed E-state index contributed by atoms with van der Waals surface area (Å²) in [6.45, 7) is 0. The molecule has 0 amide bonds. The van der Waals surface area contributed by atoms with E-state index in [-0.39, 0.29) is 0 Å². The Labute approximate surface area is 113 Å². The number of hydrogen-bond acceptors (Lipinski definition) is 9. The van der Waals surface area contributed by atoms with Crippen LogP contribution in [0.3, 0.4) is 0 Å². The van der Waals surface area contributed by atoms with Gasteiger partial charge in [0.05, 0.1) is 0 Å². The molecule has 19 heavy (non-hydrogen) atoms. The third kappa shape index (κ3) is 8.12. The maximum absolute atomic E-state index is 11.9. The third-order valence-electron chi connectivity index (χ3n) is 1.08. The molecular formula is C3H6F3GaO9S3. The van der Waals surface area contributed by atoms with Gasteiger partial charge in [-0.3, -0.25) is 0 Å². The van der Waals surface area contributed by atoms with Gasteiger partial charge in [0.15, 0.2) is 0 Å². The Balaban J connectivity index is 5.17. The number of hydrogen-bond donors (Lipinski definition) is 0. The van der Waals surface area contributed by atoms with Crippen LogP contribution in [-0.2, 0) is 39.3 Å². The summed E-state index contributed by atoms with van der Waals surface area (Å²) >= 11 is -5.18. The molecule has 16 heteroatoms. The van der Waals surface area contributed by atoms with Gasteiger partial charge in [-0.2, -0.15) is 0 Å². The average molecular weight is 409 g/mol. The minimum absolute atomic E-state index is 2.15. The zero-order valence-corrected chi connectivity index (χ0v) is 13.6. The molecule has 0 radical (unpaired) electrons. The first-order chi connectivity index (χ1) is 8.47. The van der Waals surface area contributed by atoms with Gasteiger partial charge in [0, 0.05) is 0 Å². The Kier molecular flexibility index (Phi) is 7.31. The Morgan fingerprint density at radius 3 is 1.00 bits per heavy atom. The second kappa shape index (κ2) is 7.25. The van der Waals surface area contributed by atoms with Crippen molar-refractivity contribution in [1.82, 2.24) is 0 Å². The normalized spacial score (nSPS) is 13.4. The van der Waals surface area contributed by atoms with E-state index in [1.54, 1.807) is 0 Å². The predicted molar refractivity (Wildman–Crippen MR) is 53.7 cm³/mol. The van der Waals surface area contributed by atoms with Crippen molar-refractivity contribution in [3.8, 4) is 0 Å². The molecule has 0 bridgehead atoms. The van der Waals surface area contributed by atoms with Gasteiger partial charge in [-0.25, -0.2) is 0 Å². The molecule has 0 aliphatic heterocycles. The second-order valence-corrected chi connectivity index (χ2v) is 12.0. The SMILES string of the molecule is O=S(=O)(CF)[O][Ga]([O]S(=O)(=O)CF)[O]S(=O)(=O)CF. The molecule has 0 aromatic carbocycles. The molecule has 0 unspecified atom stereocenters. The van der Waals surface area contributed by atoms with Gasteiger partial charge in [0.1, 0.15) is 0 Å². The molecule has 9 nitrogen and oxygen atoms in total. The van der Waals surface area contributed by atoms with E-state index in [4.69, 9.17) is 0 Å². The zero-order chi connectivity index (χ0) is 15.3. The predicted octanol–water partition coefficient (Wildman–Crippen LogP) is -1.21. The van der Waals surface area contributed by atoms with Crippen LogP contribution in [0.2, 0.25) is 0 Å². The first kappa shape index (κ1) is 19.2. The fraction of sp³-hybridized carbons (Fsp3) is 1.00. The average Bonchev–Trinajstić information content (AvgIpc) is 2.27. The Hall–Kier alpha value is 0.156. The summed E-state index contributed by atoms with van der Waals surface area (Å²) in [5.41, 5.74) is 0. The Morgan fingerprint density at radius 2 is 0.842 bits per heavy atom. The van der Waals surface area contributed by atoms with Gasteiger partial charge in [0.25, 0.3) is 0 Å². The standard InChI is InChI=1S/3CH3FO3S.Ga/c3*2-1-6(3,4)5;/h3*1H2,(H,3,4,5);/q;;;+3/p-3. The quantitative estimate of drug-likeness (QED) is 0.431. The summed E-state index contributed by atoms with van der Waals surface area (Å²) < 4.78 is 111. The van der Waals surface area contributed by atoms with Gasteiger partial charge in [-0.1, -0.05) is 0 Å². The van der Waals surface area contributed by atoms with Gasteiger partial charge < -0.3 is 0 Å². The summed E-state index contributed by atoms with van der Waals surface area (Å²) in [5.74, 6) is 0. The third-order valence-corrected chi connectivity index (χ3v) is 11.7. The van der Waals surface area contributed by atoms with Gasteiger partial charge in [-0.05, 0) is 0 Å². The molecule has 0 N–H and O–H groups in total. The van der Waals surface area contributed by atoms with E-state index in [1.165, 1.54) is 0 Å². The van der Waals surface area contributed by atoms with Crippen molar-refractivity contribution in [1.29, 1.82) is 0 Å². The van der Waals surface area contributed by atoms with Gasteiger partial charge in [0.2, 0.25) is 0 Å². The van der Waals surface area contributed by atoms with Crippen molar-refractivity contribution >= 4 is 47.7 Å². The fourth-order valence-corrected chi connectivity index (χ4v) is 9.05. The molecule has 0 aromatic rings. The van der Waals surface area contributed by atoms with Crippen LogP contribution in [0.25, 0.3) is 0 Å². The minimum atomic E-state index is -5.18. The molecule has 0 atom stereocenters. The van der Waals surface area contributed by atoms with Crippen LogP contribution < -0.4 is 0 Å². The molecule has 0 aliphatic rings. The first-order valence-electron chi connectivity index (χ1n) is 3.87. The molecule has 0 heterocycles. The number of alkyl halides is 3. The first-order valence-corrected chi connectivity index (χ1v) is 11.6. The van der Waals surface area contributed by atoms with Crippen molar-refractivity contribution in [2.75, 3.05) is 18.0 Å². The van der Waals surface area contributed by atoms with Crippen molar-refractivity contribution in [2.24, 2.45) is 0 Å². The molecule has 114 valence electrons. The summed E-state index contributed by atoms with van der Waals surface area (Å²) in [6, 6.07) is -6.44. The van der Waals surface area contributed by atoms with E-state index in [0.29, 0.717) is 0 Å². The molecular weight excluding hydrogens is 403 g/mol. The molecule has 0 aliphatic carbocycles. The van der Waals surface area contributed by atoms with Crippen LogP contribution in [0.4, 0.5) is 13.2 Å². The van der Waals surface area contributed by atoms with Crippen molar-refractivity contribution < 1.29 is 47.4 Å². The second-order valence-electron chi connectivity index (χ2n) is 2.58. The molecule has 0 fully saturated rings. The molecule has 0 saturated carbocycles. The van der Waals surface area contributed by atoms with E-state index in [1.807, 2.05) is 0 Å². The Bertz CT molecular complexity index is 496. The zero-order valence-electron chi connectivity index (χ0n) is 8.73. The van der Waals surface area contributed by atoms with E-state index in [0.717, 1.165) is 0 Å². The van der Waals surface area contributed by atoms with Crippen molar-refractivity contribution in [3.05, 3.63) is 0 Å². The van der Waals surface area contributed by atoms with Crippen LogP contribution >= 0.6 is 0 Å². The van der Waals surface area contributed by atoms with E-state index < -0.39 is 65.7 Å².